The van der Waals surface area contributed by atoms with Crippen molar-refractivity contribution in [3.63, 3.8) is 0 Å². The maximum absolute atomic E-state index is 12.4. The Balaban J connectivity index is 2.67. The predicted octanol–water partition coefficient (Wildman–Crippen LogP) is 5.50. The van der Waals surface area contributed by atoms with Gasteiger partial charge in [0, 0.05) is 12.8 Å². The molecule has 1 aliphatic carbocycles. The van der Waals surface area contributed by atoms with Gasteiger partial charge in [-0.05, 0) is 25.2 Å². The van der Waals surface area contributed by atoms with Crippen molar-refractivity contribution in [1.29, 1.82) is 5.26 Å². The van der Waals surface area contributed by atoms with Gasteiger partial charge in [0.2, 0.25) is 0 Å². The number of ketones is 1. The molecule has 0 heterocycles. The van der Waals surface area contributed by atoms with E-state index in [-0.39, 0.29) is 11.7 Å². The fraction of sp³-hybridized carbons (Fsp3) is 0.800. The van der Waals surface area contributed by atoms with E-state index >= 15 is 0 Å². The minimum absolute atomic E-state index is 0.177. The zero-order valence-corrected chi connectivity index (χ0v) is 16.3. The van der Waals surface area contributed by atoms with Crippen molar-refractivity contribution in [2.75, 3.05) is 0 Å². The molecular weight excluding hydrogens is 298 g/mol. The first-order valence-corrected chi connectivity index (χ1v) is 12.9. The second-order valence-corrected chi connectivity index (χ2v) is 12.7. The molecule has 128 valence electrons. The van der Waals surface area contributed by atoms with Gasteiger partial charge in [-0.1, -0.05) is 58.2 Å². The molecule has 0 aromatic rings. The molecule has 3 heteroatoms. The third kappa shape index (κ3) is 8.97. The number of rotatable bonds is 2. The summed E-state index contributed by atoms with van der Waals surface area (Å²) in [6.45, 7) is 6.74. The topological polar surface area (TPSA) is 40.9 Å². The standard InChI is InChI=1S/C20H33NOSi/c1-23(2,3)16-12-11-14-18-13-9-7-5-4-6-8-10-15-20(22)19(18)17-21/h18-19H,4-11,13-15H2,1-3H3. The lowest BCUT2D eigenvalue weighted by Crippen LogP contribution is -2.23. The van der Waals surface area contributed by atoms with Crippen molar-refractivity contribution >= 4 is 13.9 Å². The summed E-state index contributed by atoms with van der Waals surface area (Å²) >= 11 is 0. The molecule has 0 aromatic heterocycles. The van der Waals surface area contributed by atoms with Crippen molar-refractivity contribution < 1.29 is 4.79 Å². The van der Waals surface area contributed by atoms with E-state index in [1.807, 2.05) is 0 Å². The first-order valence-electron chi connectivity index (χ1n) is 9.36. The summed E-state index contributed by atoms with van der Waals surface area (Å²) in [5.41, 5.74) is 3.40. The average molecular weight is 332 g/mol. The molecule has 0 aromatic carbocycles. The largest absolute Gasteiger partial charge is 0.298 e. The molecule has 2 nitrogen and oxygen atoms in total. The summed E-state index contributed by atoms with van der Waals surface area (Å²) in [6, 6.07) is 2.32. The summed E-state index contributed by atoms with van der Waals surface area (Å²) in [5, 5.41) is 9.52. The molecule has 1 saturated carbocycles. The lowest BCUT2D eigenvalue weighted by atomic mass is 9.81. The van der Waals surface area contributed by atoms with Crippen LogP contribution in [0.2, 0.25) is 19.6 Å². The Kier molecular flexibility index (Phi) is 9.26. The Morgan fingerprint density at radius 3 is 2.26 bits per heavy atom. The van der Waals surface area contributed by atoms with Crippen LogP contribution < -0.4 is 0 Å². The summed E-state index contributed by atoms with van der Waals surface area (Å²) in [5.74, 6) is 3.30. The lowest BCUT2D eigenvalue weighted by molar-refractivity contribution is -0.122. The zero-order valence-electron chi connectivity index (χ0n) is 15.3. The smallest absolute Gasteiger partial charge is 0.150 e. The SMILES string of the molecule is C[Si](C)(C)C#CCCC1CCCCCCCCCC(=O)C1C#N. The molecular formula is C20H33NOSi. The molecule has 0 bridgehead atoms. The first kappa shape index (κ1) is 20.0. The molecule has 1 aliphatic rings. The van der Waals surface area contributed by atoms with Crippen LogP contribution in [-0.4, -0.2) is 13.9 Å². The number of nitrogens with zero attached hydrogens (tertiary/aromatic N) is 1. The fourth-order valence-corrected chi connectivity index (χ4v) is 3.90. The summed E-state index contributed by atoms with van der Waals surface area (Å²) in [7, 11) is -1.32. The Labute approximate surface area is 144 Å². The van der Waals surface area contributed by atoms with Gasteiger partial charge in [0.25, 0.3) is 0 Å². The van der Waals surface area contributed by atoms with Gasteiger partial charge in [0.05, 0.1) is 6.07 Å². The lowest BCUT2D eigenvalue weighted by Gasteiger charge is -2.21. The van der Waals surface area contributed by atoms with Crippen molar-refractivity contribution in [1.82, 2.24) is 0 Å². The number of carbonyl (C=O) groups excluding carboxylic acids is 1. The summed E-state index contributed by atoms with van der Waals surface area (Å²) in [4.78, 5) is 12.4. The summed E-state index contributed by atoms with van der Waals surface area (Å²) in [6.07, 6.45) is 11.7. The predicted molar refractivity (Wildman–Crippen MR) is 99.5 cm³/mol. The van der Waals surface area contributed by atoms with Crippen LogP contribution in [0.1, 0.15) is 70.6 Å². The maximum atomic E-state index is 12.4. The molecule has 0 aliphatic heterocycles. The highest BCUT2D eigenvalue weighted by Gasteiger charge is 2.27. The Bertz CT molecular complexity index is 461. The van der Waals surface area contributed by atoms with Gasteiger partial charge in [0.1, 0.15) is 19.8 Å². The van der Waals surface area contributed by atoms with E-state index in [0.29, 0.717) is 6.42 Å². The fourth-order valence-electron chi connectivity index (χ4n) is 3.25. The van der Waals surface area contributed by atoms with E-state index in [9.17, 15) is 10.1 Å². The van der Waals surface area contributed by atoms with Gasteiger partial charge >= 0.3 is 0 Å². The van der Waals surface area contributed by atoms with Crippen molar-refractivity contribution in [2.45, 2.75) is 90.3 Å². The molecule has 0 radical (unpaired) electrons. The van der Waals surface area contributed by atoms with Crippen LogP contribution >= 0.6 is 0 Å². The van der Waals surface area contributed by atoms with Gasteiger partial charge in [-0.3, -0.25) is 4.79 Å². The average Bonchev–Trinajstić information content (AvgIpc) is 2.47. The summed E-state index contributed by atoms with van der Waals surface area (Å²) < 4.78 is 0. The van der Waals surface area contributed by atoms with Gasteiger partial charge in [-0.2, -0.15) is 5.26 Å². The minimum atomic E-state index is -1.32. The highest BCUT2D eigenvalue weighted by Crippen LogP contribution is 2.27. The van der Waals surface area contributed by atoms with Crippen molar-refractivity contribution in [3.05, 3.63) is 0 Å². The van der Waals surface area contributed by atoms with Crippen LogP contribution in [0.3, 0.4) is 0 Å². The second-order valence-electron chi connectivity index (χ2n) is 7.94. The molecule has 1 rings (SSSR count). The van der Waals surface area contributed by atoms with E-state index in [1.54, 1.807) is 0 Å². The van der Waals surface area contributed by atoms with Crippen molar-refractivity contribution in [3.8, 4) is 17.5 Å². The van der Waals surface area contributed by atoms with Crippen LogP contribution in [0.5, 0.6) is 0 Å². The highest BCUT2D eigenvalue weighted by atomic mass is 28.3. The Morgan fingerprint density at radius 2 is 1.65 bits per heavy atom. The van der Waals surface area contributed by atoms with Gasteiger partial charge < -0.3 is 0 Å². The molecule has 2 unspecified atom stereocenters. The molecule has 1 fully saturated rings. The Hall–Kier alpha value is -1.06. The minimum Gasteiger partial charge on any atom is -0.298 e. The van der Waals surface area contributed by atoms with Gasteiger partial charge in [-0.15, -0.1) is 11.5 Å². The van der Waals surface area contributed by atoms with Crippen molar-refractivity contribution in [2.24, 2.45) is 11.8 Å². The molecule has 0 N–H and O–H groups in total. The number of nitriles is 1. The number of hydrogen-bond donors (Lipinski definition) is 0. The van der Waals surface area contributed by atoms with E-state index in [2.05, 4.69) is 37.2 Å². The maximum Gasteiger partial charge on any atom is 0.150 e. The monoisotopic (exact) mass is 331 g/mol. The quantitative estimate of drug-likeness (QED) is 0.495. The highest BCUT2D eigenvalue weighted by molar-refractivity contribution is 6.83. The number of Topliss-reactive ketones (excluding diaryl/α,β-unsaturated/α-hetero) is 1. The third-order valence-corrected chi connectivity index (χ3v) is 5.49. The van der Waals surface area contributed by atoms with E-state index in [1.165, 1.54) is 25.7 Å². The molecule has 23 heavy (non-hydrogen) atoms. The first-order chi connectivity index (χ1) is 10.9. The molecule has 0 amide bonds. The van der Waals surface area contributed by atoms with Gasteiger partial charge in [0.15, 0.2) is 0 Å². The Morgan fingerprint density at radius 1 is 1.04 bits per heavy atom. The van der Waals surface area contributed by atoms with Crippen LogP contribution in [0.15, 0.2) is 0 Å². The zero-order chi connectivity index (χ0) is 17.1. The normalized spacial score (nSPS) is 24.5. The van der Waals surface area contributed by atoms with E-state index in [0.717, 1.165) is 38.5 Å². The van der Waals surface area contributed by atoms with Crippen LogP contribution in [0.25, 0.3) is 0 Å². The van der Waals surface area contributed by atoms with Crippen LogP contribution in [0, 0.1) is 34.6 Å². The van der Waals surface area contributed by atoms with Crippen LogP contribution in [0.4, 0.5) is 0 Å². The van der Waals surface area contributed by atoms with Gasteiger partial charge in [-0.25, -0.2) is 0 Å². The number of hydrogen-bond acceptors (Lipinski definition) is 2. The molecule has 0 saturated heterocycles. The van der Waals surface area contributed by atoms with E-state index in [4.69, 9.17) is 0 Å². The molecule has 0 spiro atoms. The van der Waals surface area contributed by atoms with Crippen LogP contribution in [-0.2, 0) is 4.79 Å². The second kappa shape index (κ2) is 10.7. The number of carbonyl (C=O) groups is 1. The third-order valence-electron chi connectivity index (χ3n) is 4.56. The molecule has 2 atom stereocenters. The van der Waals surface area contributed by atoms with E-state index < -0.39 is 14.0 Å².